The number of thioether (sulfide) groups is 1. The Hall–Kier alpha value is -2.53. The molecule has 25 heavy (non-hydrogen) atoms. The molecule has 2 aromatic carbocycles. The summed E-state index contributed by atoms with van der Waals surface area (Å²) in [5.41, 5.74) is 3.16. The summed E-state index contributed by atoms with van der Waals surface area (Å²) in [5, 5.41) is 2.88. The highest BCUT2D eigenvalue weighted by Crippen LogP contribution is 2.28. The Labute approximate surface area is 151 Å². The van der Waals surface area contributed by atoms with Crippen molar-refractivity contribution in [2.45, 2.75) is 24.3 Å². The molecule has 1 N–H and O–H groups in total. The van der Waals surface area contributed by atoms with Crippen LogP contribution >= 0.6 is 11.8 Å². The number of carbonyl (C=O) groups is 2. The third-order valence-corrected chi connectivity index (χ3v) is 5.00. The van der Waals surface area contributed by atoms with Gasteiger partial charge in [-0.1, -0.05) is 35.9 Å². The number of cyclic esters (lactones) is 1. The van der Waals surface area contributed by atoms with Crippen LogP contribution in [0.1, 0.15) is 21.5 Å². The van der Waals surface area contributed by atoms with E-state index in [1.54, 1.807) is 17.8 Å². The molecule has 1 atom stereocenters. The molecule has 1 amide bonds. The molecule has 3 rings (SSSR count). The van der Waals surface area contributed by atoms with Gasteiger partial charge in [0.1, 0.15) is 0 Å². The largest absolute Gasteiger partial charge is 0.448 e. The van der Waals surface area contributed by atoms with Gasteiger partial charge in [-0.3, -0.25) is 4.79 Å². The SMILES string of the molecule is C=CCSc1ccccc1NC(=O)C1Cc2cc(C)ccc2C(=O)O1. The van der Waals surface area contributed by atoms with Gasteiger partial charge in [-0.05, 0) is 30.7 Å². The Balaban J connectivity index is 1.77. The second-order valence-corrected chi connectivity index (χ2v) is 6.91. The fourth-order valence-corrected chi connectivity index (χ4v) is 3.48. The molecule has 0 fully saturated rings. The highest BCUT2D eigenvalue weighted by molar-refractivity contribution is 7.99. The maximum atomic E-state index is 12.6. The van der Waals surface area contributed by atoms with Gasteiger partial charge in [0.15, 0.2) is 6.10 Å². The van der Waals surface area contributed by atoms with Gasteiger partial charge in [-0.25, -0.2) is 4.79 Å². The van der Waals surface area contributed by atoms with Gasteiger partial charge in [-0.2, -0.15) is 0 Å². The number of esters is 1. The molecule has 0 bridgehead atoms. The Kier molecular flexibility index (Phi) is 5.24. The van der Waals surface area contributed by atoms with Crippen LogP contribution in [0.4, 0.5) is 5.69 Å². The van der Waals surface area contributed by atoms with Gasteiger partial charge in [0.25, 0.3) is 5.91 Å². The van der Waals surface area contributed by atoms with Gasteiger partial charge in [0.2, 0.25) is 0 Å². The first-order valence-electron chi connectivity index (χ1n) is 8.02. The van der Waals surface area contributed by atoms with Crippen molar-refractivity contribution in [1.29, 1.82) is 0 Å². The average molecular weight is 353 g/mol. The fourth-order valence-electron chi connectivity index (χ4n) is 2.73. The summed E-state index contributed by atoms with van der Waals surface area (Å²) >= 11 is 1.59. The molecule has 1 heterocycles. The predicted molar refractivity (Wildman–Crippen MR) is 100 cm³/mol. The Morgan fingerprint density at radius 1 is 1.36 bits per heavy atom. The summed E-state index contributed by atoms with van der Waals surface area (Å²) in [4.78, 5) is 25.7. The number of hydrogen-bond acceptors (Lipinski definition) is 4. The van der Waals surface area contributed by atoms with Crippen LogP contribution in [-0.2, 0) is 16.0 Å². The molecule has 4 nitrogen and oxygen atoms in total. The fraction of sp³-hybridized carbons (Fsp3) is 0.200. The molecule has 0 saturated carbocycles. The molecule has 128 valence electrons. The summed E-state index contributed by atoms with van der Waals surface area (Å²) in [6, 6.07) is 13.1. The molecule has 2 aromatic rings. The number of hydrogen-bond donors (Lipinski definition) is 1. The molecule has 5 heteroatoms. The van der Waals surface area contributed by atoms with Crippen LogP contribution in [0.15, 0.2) is 60.0 Å². The number of rotatable bonds is 5. The van der Waals surface area contributed by atoms with Crippen LogP contribution in [0.3, 0.4) is 0 Å². The molecule has 0 radical (unpaired) electrons. The topological polar surface area (TPSA) is 55.4 Å². The van der Waals surface area contributed by atoms with Gasteiger partial charge in [0, 0.05) is 17.1 Å². The number of aryl methyl sites for hydroxylation is 1. The van der Waals surface area contributed by atoms with E-state index in [1.165, 1.54) is 0 Å². The minimum Gasteiger partial charge on any atom is -0.448 e. The van der Waals surface area contributed by atoms with E-state index in [4.69, 9.17) is 4.74 Å². The lowest BCUT2D eigenvalue weighted by Crippen LogP contribution is -2.38. The Morgan fingerprint density at radius 3 is 2.96 bits per heavy atom. The molecule has 1 aliphatic rings. The predicted octanol–water partition coefficient (Wildman–Crippen LogP) is 3.99. The lowest BCUT2D eigenvalue weighted by Gasteiger charge is -2.24. The van der Waals surface area contributed by atoms with Crippen molar-refractivity contribution < 1.29 is 14.3 Å². The van der Waals surface area contributed by atoms with Crippen LogP contribution < -0.4 is 5.32 Å². The molecule has 0 saturated heterocycles. The lowest BCUT2D eigenvalue weighted by atomic mass is 9.96. The Morgan fingerprint density at radius 2 is 2.16 bits per heavy atom. The molecular weight excluding hydrogens is 334 g/mol. The summed E-state index contributed by atoms with van der Waals surface area (Å²) in [6.45, 7) is 5.67. The lowest BCUT2D eigenvalue weighted by molar-refractivity contribution is -0.125. The second kappa shape index (κ2) is 7.57. The number of fused-ring (bicyclic) bond motifs is 1. The van der Waals surface area contributed by atoms with Gasteiger partial charge < -0.3 is 10.1 Å². The quantitative estimate of drug-likeness (QED) is 0.502. The molecule has 0 aromatic heterocycles. The monoisotopic (exact) mass is 353 g/mol. The van der Waals surface area contributed by atoms with Crippen LogP contribution in [0.2, 0.25) is 0 Å². The van der Waals surface area contributed by atoms with E-state index in [0.717, 1.165) is 21.8 Å². The summed E-state index contributed by atoms with van der Waals surface area (Å²) < 4.78 is 5.33. The smallest absolute Gasteiger partial charge is 0.339 e. The van der Waals surface area contributed by atoms with Crippen molar-refractivity contribution >= 4 is 29.3 Å². The van der Waals surface area contributed by atoms with E-state index in [1.807, 2.05) is 49.4 Å². The molecule has 1 unspecified atom stereocenters. The third-order valence-electron chi connectivity index (χ3n) is 3.93. The zero-order valence-corrected chi connectivity index (χ0v) is 14.8. The van der Waals surface area contributed by atoms with Gasteiger partial charge in [-0.15, -0.1) is 18.3 Å². The summed E-state index contributed by atoms with van der Waals surface area (Å²) in [7, 11) is 0. The maximum Gasteiger partial charge on any atom is 0.339 e. The number of carbonyl (C=O) groups excluding carboxylic acids is 2. The van der Waals surface area contributed by atoms with Gasteiger partial charge in [0.05, 0.1) is 11.3 Å². The zero-order valence-electron chi connectivity index (χ0n) is 14.0. The van der Waals surface area contributed by atoms with Crippen LogP contribution in [0.5, 0.6) is 0 Å². The van der Waals surface area contributed by atoms with E-state index in [2.05, 4.69) is 11.9 Å². The Bertz CT molecular complexity index is 831. The standard InChI is InChI=1S/C20H19NO3S/c1-3-10-25-18-7-5-4-6-16(18)21-19(22)17-12-14-11-13(2)8-9-15(14)20(23)24-17/h3-9,11,17H,1,10,12H2,2H3,(H,21,22). The first kappa shape index (κ1) is 17.3. The van der Waals surface area contributed by atoms with Crippen molar-refractivity contribution in [2.24, 2.45) is 0 Å². The van der Waals surface area contributed by atoms with Crippen LogP contribution in [0.25, 0.3) is 0 Å². The highest BCUT2D eigenvalue weighted by atomic mass is 32.2. The first-order valence-corrected chi connectivity index (χ1v) is 9.01. The number of anilines is 1. The number of benzene rings is 2. The molecule has 0 spiro atoms. The molecular formula is C20H19NO3S. The van der Waals surface area contributed by atoms with Crippen molar-refractivity contribution in [1.82, 2.24) is 0 Å². The minimum absolute atomic E-state index is 0.313. The summed E-state index contributed by atoms with van der Waals surface area (Å²) in [6.07, 6.45) is 1.38. The molecule has 1 aliphatic heterocycles. The minimum atomic E-state index is -0.820. The van der Waals surface area contributed by atoms with E-state index < -0.39 is 12.1 Å². The van der Waals surface area contributed by atoms with Crippen LogP contribution in [0, 0.1) is 6.92 Å². The summed E-state index contributed by atoms with van der Waals surface area (Å²) in [5.74, 6) is -0.0133. The number of ether oxygens (including phenoxy) is 1. The second-order valence-electron chi connectivity index (χ2n) is 5.84. The van der Waals surface area contributed by atoms with E-state index >= 15 is 0 Å². The van der Waals surface area contributed by atoms with E-state index in [0.29, 0.717) is 17.7 Å². The van der Waals surface area contributed by atoms with Crippen molar-refractivity contribution in [3.05, 3.63) is 71.8 Å². The third kappa shape index (κ3) is 3.94. The highest BCUT2D eigenvalue weighted by Gasteiger charge is 2.31. The normalized spacial score (nSPS) is 15.9. The maximum absolute atomic E-state index is 12.6. The van der Waals surface area contributed by atoms with Crippen molar-refractivity contribution in [3.63, 3.8) is 0 Å². The first-order chi connectivity index (χ1) is 12.1. The van der Waals surface area contributed by atoms with Gasteiger partial charge >= 0.3 is 5.97 Å². The van der Waals surface area contributed by atoms with Crippen LogP contribution in [-0.4, -0.2) is 23.7 Å². The average Bonchev–Trinajstić information content (AvgIpc) is 2.60. The number of para-hydroxylation sites is 1. The number of amides is 1. The zero-order chi connectivity index (χ0) is 17.8. The van der Waals surface area contributed by atoms with E-state index in [-0.39, 0.29) is 5.91 Å². The number of nitrogens with one attached hydrogen (secondary N) is 1. The van der Waals surface area contributed by atoms with E-state index in [9.17, 15) is 9.59 Å². The van der Waals surface area contributed by atoms with Crippen molar-refractivity contribution in [2.75, 3.05) is 11.1 Å². The van der Waals surface area contributed by atoms with Crippen molar-refractivity contribution in [3.8, 4) is 0 Å². The molecule has 0 aliphatic carbocycles.